The predicted octanol–water partition coefficient (Wildman–Crippen LogP) is 5.62. The molecule has 2 aromatic carbocycles. The van der Waals surface area contributed by atoms with E-state index in [2.05, 4.69) is 43.2 Å². The quantitative estimate of drug-likeness (QED) is 0.375. The predicted molar refractivity (Wildman–Crippen MR) is 142 cm³/mol. The van der Waals surface area contributed by atoms with Gasteiger partial charge in [0, 0.05) is 37.3 Å². The van der Waals surface area contributed by atoms with E-state index < -0.39 is 5.91 Å². The van der Waals surface area contributed by atoms with Gasteiger partial charge >= 0.3 is 0 Å². The lowest BCUT2D eigenvalue weighted by molar-refractivity contribution is -0.120. The highest BCUT2D eigenvalue weighted by atomic mass is 35.5. The number of amides is 2. The zero-order valence-corrected chi connectivity index (χ0v) is 22.5. The number of carbonyl (C=O) groups excluding carboxylic acids is 2. The van der Waals surface area contributed by atoms with Gasteiger partial charge < -0.3 is 20.1 Å². The molecule has 0 fully saturated rings. The number of ether oxygens (including phenoxy) is 2. The maximum Gasteiger partial charge on any atom is 0.272 e. The molecule has 0 aliphatic heterocycles. The third-order valence-electron chi connectivity index (χ3n) is 5.17. The third kappa shape index (κ3) is 8.76. The minimum Gasteiger partial charge on any atom is -0.493 e. The fourth-order valence-corrected chi connectivity index (χ4v) is 3.86. The Kier molecular flexibility index (Phi) is 10.9. The van der Waals surface area contributed by atoms with Crippen LogP contribution in [0.1, 0.15) is 40.2 Å². The Hall–Kier alpha value is -2.74. The Bertz CT molecular complexity index is 1060. The van der Waals surface area contributed by atoms with Crippen LogP contribution in [-0.2, 0) is 9.59 Å². The summed E-state index contributed by atoms with van der Waals surface area (Å²) in [6.07, 6.45) is 1.52. The molecule has 0 saturated carbocycles. The van der Waals surface area contributed by atoms with Gasteiger partial charge in [0.2, 0.25) is 5.91 Å². The molecule has 0 aliphatic carbocycles. The van der Waals surface area contributed by atoms with Gasteiger partial charge in [-0.25, -0.2) is 0 Å². The van der Waals surface area contributed by atoms with Crippen LogP contribution < -0.4 is 20.1 Å². The summed E-state index contributed by atoms with van der Waals surface area (Å²) in [5, 5.41) is 6.09. The Morgan fingerprint density at radius 2 is 1.69 bits per heavy atom. The number of hydrogen-bond acceptors (Lipinski definition) is 5. The fourth-order valence-electron chi connectivity index (χ4n) is 3.56. The fraction of sp³-hybridized carbons (Fsp3) is 0.385. The van der Waals surface area contributed by atoms with E-state index in [0.29, 0.717) is 51.5 Å². The average molecular weight is 522 g/mol. The second-order valence-electron chi connectivity index (χ2n) is 8.51. The van der Waals surface area contributed by atoms with Crippen LogP contribution in [0, 0.1) is 0 Å². The Balaban J connectivity index is 2.21. The van der Waals surface area contributed by atoms with Gasteiger partial charge in [0.15, 0.2) is 11.5 Å². The number of anilines is 1. The lowest BCUT2D eigenvalue weighted by atomic mass is 10.2. The molecule has 35 heavy (non-hydrogen) atoms. The molecular formula is C26H33Cl2N3O4. The minimum atomic E-state index is -0.506. The molecule has 190 valence electrons. The minimum absolute atomic E-state index is 0.0543. The Morgan fingerprint density at radius 1 is 1.00 bits per heavy atom. The van der Waals surface area contributed by atoms with Crippen LogP contribution in [0.4, 0.5) is 5.69 Å². The molecule has 2 N–H and O–H groups in total. The zero-order valence-electron chi connectivity index (χ0n) is 20.9. The molecule has 0 radical (unpaired) electrons. The van der Waals surface area contributed by atoms with Crippen molar-refractivity contribution in [1.29, 1.82) is 0 Å². The van der Waals surface area contributed by atoms with Crippen LogP contribution in [-0.4, -0.2) is 49.1 Å². The number of methoxy groups -OCH3 is 1. The van der Waals surface area contributed by atoms with Gasteiger partial charge in [-0.15, -0.1) is 0 Å². The van der Waals surface area contributed by atoms with E-state index in [1.54, 1.807) is 43.5 Å². The molecule has 0 unspecified atom stereocenters. The summed E-state index contributed by atoms with van der Waals surface area (Å²) in [5.74, 6) is 0.169. The van der Waals surface area contributed by atoms with Crippen molar-refractivity contribution in [2.45, 2.75) is 46.7 Å². The highest BCUT2D eigenvalue weighted by molar-refractivity contribution is 6.42. The number of halogens is 2. The van der Waals surface area contributed by atoms with Crippen LogP contribution in [0.5, 0.6) is 11.5 Å². The normalized spacial score (nSPS) is 11.7. The van der Waals surface area contributed by atoms with Crippen LogP contribution >= 0.6 is 23.2 Å². The lowest BCUT2D eigenvalue weighted by Gasteiger charge is -2.30. The van der Waals surface area contributed by atoms with Gasteiger partial charge in [-0.3, -0.25) is 14.5 Å². The molecule has 0 spiro atoms. The van der Waals surface area contributed by atoms with Crippen LogP contribution in [0.2, 0.25) is 10.0 Å². The number of nitrogens with zero attached hydrogens (tertiary/aromatic N) is 1. The Labute approximate surface area is 217 Å². The molecular weight excluding hydrogens is 489 g/mol. The molecule has 2 rings (SSSR count). The molecule has 0 aliphatic rings. The first-order chi connectivity index (χ1) is 16.5. The molecule has 0 saturated heterocycles. The summed E-state index contributed by atoms with van der Waals surface area (Å²) in [4.78, 5) is 27.0. The number of carbonyl (C=O) groups is 2. The van der Waals surface area contributed by atoms with Crippen molar-refractivity contribution in [2.24, 2.45) is 0 Å². The van der Waals surface area contributed by atoms with E-state index in [1.807, 2.05) is 0 Å². The topological polar surface area (TPSA) is 79.9 Å². The smallest absolute Gasteiger partial charge is 0.272 e. The third-order valence-corrected chi connectivity index (χ3v) is 5.90. The SMILES string of the molecule is COc1ccc(NC(=O)C(=Cc2ccc(Cl)c(Cl)c2)NC(C)=O)cc1OCCN(C(C)C)C(C)C. The maximum atomic E-state index is 13.0. The second kappa shape index (κ2) is 13.4. The maximum absolute atomic E-state index is 13.0. The summed E-state index contributed by atoms with van der Waals surface area (Å²) < 4.78 is 11.4. The monoisotopic (exact) mass is 521 g/mol. The van der Waals surface area contributed by atoms with Gasteiger partial charge in [0.05, 0.1) is 17.2 Å². The lowest BCUT2D eigenvalue weighted by Crippen LogP contribution is -2.39. The first-order valence-electron chi connectivity index (χ1n) is 11.3. The van der Waals surface area contributed by atoms with Gasteiger partial charge in [-0.2, -0.15) is 0 Å². The summed E-state index contributed by atoms with van der Waals surface area (Å²) in [7, 11) is 1.56. The molecule has 9 heteroatoms. The molecule has 0 aromatic heterocycles. The van der Waals surface area contributed by atoms with E-state index in [9.17, 15) is 9.59 Å². The van der Waals surface area contributed by atoms with Crippen molar-refractivity contribution in [3.05, 3.63) is 57.7 Å². The molecule has 0 atom stereocenters. The van der Waals surface area contributed by atoms with Gasteiger partial charge in [-0.1, -0.05) is 29.3 Å². The summed E-state index contributed by atoms with van der Waals surface area (Å²) in [6.45, 7) is 11.1. The van der Waals surface area contributed by atoms with Crippen molar-refractivity contribution < 1.29 is 19.1 Å². The van der Waals surface area contributed by atoms with Crippen molar-refractivity contribution >= 4 is 46.8 Å². The highest BCUT2D eigenvalue weighted by Crippen LogP contribution is 2.30. The van der Waals surface area contributed by atoms with Gasteiger partial charge in [0.1, 0.15) is 12.3 Å². The summed E-state index contributed by atoms with van der Waals surface area (Å²) >= 11 is 12.0. The highest BCUT2D eigenvalue weighted by Gasteiger charge is 2.16. The van der Waals surface area contributed by atoms with Gasteiger partial charge in [0.25, 0.3) is 5.91 Å². The molecule has 2 amide bonds. The van der Waals surface area contributed by atoms with E-state index in [0.717, 1.165) is 6.54 Å². The summed E-state index contributed by atoms with van der Waals surface area (Å²) in [6, 6.07) is 10.8. The number of rotatable bonds is 11. The van der Waals surface area contributed by atoms with Crippen molar-refractivity contribution in [2.75, 3.05) is 25.6 Å². The zero-order chi connectivity index (χ0) is 26.1. The van der Waals surface area contributed by atoms with E-state index in [4.69, 9.17) is 32.7 Å². The molecule has 0 heterocycles. The number of nitrogens with one attached hydrogen (secondary N) is 2. The van der Waals surface area contributed by atoms with E-state index in [-0.39, 0.29) is 11.6 Å². The van der Waals surface area contributed by atoms with Crippen LogP contribution in [0.3, 0.4) is 0 Å². The summed E-state index contributed by atoms with van der Waals surface area (Å²) in [5.41, 5.74) is 1.15. The molecule has 2 aromatic rings. The largest absolute Gasteiger partial charge is 0.493 e. The molecule has 0 bridgehead atoms. The molecule has 7 nitrogen and oxygen atoms in total. The van der Waals surface area contributed by atoms with Crippen molar-refractivity contribution in [1.82, 2.24) is 10.2 Å². The van der Waals surface area contributed by atoms with Crippen molar-refractivity contribution in [3.8, 4) is 11.5 Å². The first-order valence-corrected chi connectivity index (χ1v) is 12.1. The first kappa shape index (κ1) is 28.5. The average Bonchev–Trinajstić information content (AvgIpc) is 2.78. The number of hydrogen-bond donors (Lipinski definition) is 2. The number of benzene rings is 2. The van der Waals surface area contributed by atoms with Gasteiger partial charge in [-0.05, 0) is 63.6 Å². The van der Waals surface area contributed by atoms with Crippen molar-refractivity contribution in [3.63, 3.8) is 0 Å². The van der Waals surface area contributed by atoms with Crippen LogP contribution in [0.25, 0.3) is 6.08 Å². The van der Waals surface area contributed by atoms with E-state index in [1.165, 1.54) is 13.0 Å². The second-order valence-corrected chi connectivity index (χ2v) is 9.32. The van der Waals surface area contributed by atoms with E-state index >= 15 is 0 Å². The standard InChI is InChI=1S/C26H33Cl2N3O4/c1-16(2)31(17(3)4)11-12-35-25-15-20(8-10-24(25)34-6)30-26(33)23(29-18(5)32)14-19-7-9-21(27)22(28)13-19/h7-10,13-17H,11-12H2,1-6H3,(H,29,32)(H,30,33). The Morgan fingerprint density at radius 3 is 2.26 bits per heavy atom. The van der Waals surface area contributed by atoms with Crippen LogP contribution in [0.15, 0.2) is 42.1 Å².